The van der Waals surface area contributed by atoms with Crippen molar-refractivity contribution < 1.29 is 18.0 Å². The molecule has 29 heavy (non-hydrogen) atoms. The molecule has 2 saturated heterocycles. The zero-order valence-electron chi connectivity index (χ0n) is 16.9. The maximum Gasteiger partial charge on any atom is 0.320 e. The van der Waals surface area contributed by atoms with Crippen molar-refractivity contribution in [1.29, 1.82) is 0 Å². The van der Waals surface area contributed by atoms with Crippen molar-refractivity contribution in [2.24, 2.45) is 5.92 Å². The van der Waals surface area contributed by atoms with E-state index < -0.39 is 9.84 Å². The van der Waals surface area contributed by atoms with Gasteiger partial charge in [0, 0.05) is 32.7 Å². The van der Waals surface area contributed by atoms with Gasteiger partial charge in [0.15, 0.2) is 9.84 Å². The molecule has 2 aliphatic heterocycles. The molecule has 7 nitrogen and oxygen atoms in total. The number of urea groups is 1. The normalized spacial score (nSPS) is 19.9. The van der Waals surface area contributed by atoms with Gasteiger partial charge in [0.2, 0.25) is 5.91 Å². The van der Waals surface area contributed by atoms with Gasteiger partial charge in [-0.15, -0.1) is 0 Å². The Morgan fingerprint density at radius 2 is 1.69 bits per heavy atom. The molecule has 3 rings (SSSR count). The number of carbonyl (C=O) groups excluding carboxylic acids is 2. The summed E-state index contributed by atoms with van der Waals surface area (Å²) in [5.74, 6) is -0.217. The standard InChI is InChI=1S/C21H31N3O4S/c25-20(19-10-6-14-24(16-19)21(26)23-12-4-5-13-23)22-11-7-15-29(27,28)17-18-8-2-1-3-9-18/h1-3,8-9,19H,4-7,10-17H2,(H,22,25)/t19-/m0/s1. The quantitative estimate of drug-likeness (QED) is 0.683. The molecular formula is C21H31N3O4S. The average molecular weight is 422 g/mol. The number of nitrogens with zero attached hydrogens (tertiary/aromatic N) is 2. The van der Waals surface area contributed by atoms with Gasteiger partial charge in [-0.3, -0.25) is 4.79 Å². The summed E-state index contributed by atoms with van der Waals surface area (Å²) in [4.78, 5) is 28.7. The van der Waals surface area contributed by atoms with Crippen LogP contribution in [-0.4, -0.2) is 68.6 Å². The van der Waals surface area contributed by atoms with Gasteiger partial charge >= 0.3 is 6.03 Å². The Kier molecular flexibility index (Phi) is 7.52. The number of nitrogens with one attached hydrogen (secondary N) is 1. The molecule has 0 bridgehead atoms. The second-order valence-electron chi connectivity index (χ2n) is 7.98. The summed E-state index contributed by atoms with van der Waals surface area (Å²) in [6.45, 7) is 3.11. The predicted octanol–water partition coefficient (Wildman–Crippen LogP) is 2.04. The van der Waals surface area contributed by atoms with E-state index in [0.717, 1.165) is 44.3 Å². The molecule has 0 aliphatic carbocycles. The second kappa shape index (κ2) is 10.1. The van der Waals surface area contributed by atoms with Crippen LogP contribution in [0.3, 0.4) is 0 Å². The summed E-state index contributed by atoms with van der Waals surface area (Å²) in [5.41, 5.74) is 0.779. The number of sulfone groups is 1. The topological polar surface area (TPSA) is 86.8 Å². The van der Waals surface area contributed by atoms with Crippen LogP contribution in [0.2, 0.25) is 0 Å². The van der Waals surface area contributed by atoms with E-state index in [1.165, 1.54) is 0 Å². The van der Waals surface area contributed by atoms with Crippen molar-refractivity contribution >= 4 is 21.8 Å². The molecule has 0 saturated carbocycles. The Morgan fingerprint density at radius 1 is 1.00 bits per heavy atom. The smallest absolute Gasteiger partial charge is 0.320 e. The zero-order chi connectivity index (χ0) is 20.7. The Hall–Kier alpha value is -2.09. The third-order valence-corrected chi connectivity index (χ3v) is 7.28. The van der Waals surface area contributed by atoms with Crippen LogP contribution in [-0.2, 0) is 20.4 Å². The SMILES string of the molecule is O=C(NCCCS(=O)(=O)Cc1ccccc1)[C@H]1CCCN(C(=O)N2CCCC2)C1. The van der Waals surface area contributed by atoms with Crippen molar-refractivity contribution in [3.8, 4) is 0 Å². The Labute approximate surface area is 173 Å². The third kappa shape index (κ3) is 6.45. The van der Waals surface area contributed by atoms with Crippen LogP contribution in [0.5, 0.6) is 0 Å². The van der Waals surface area contributed by atoms with Crippen LogP contribution in [0.25, 0.3) is 0 Å². The first kappa shape index (κ1) is 21.6. The number of likely N-dealkylation sites (tertiary alicyclic amines) is 2. The highest BCUT2D eigenvalue weighted by atomic mass is 32.2. The fourth-order valence-corrected chi connectivity index (χ4v) is 5.45. The molecule has 2 fully saturated rings. The zero-order valence-corrected chi connectivity index (χ0v) is 17.7. The van der Waals surface area contributed by atoms with Gasteiger partial charge in [-0.2, -0.15) is 0 Å². The fourth-order valence-electron chi connectivity index (χ4n) is 4.02. The lowest BCUT2D eigenvalue weighted by molar-refractivity contribution is -0.126. The molecule has 3 amide bonds. The minimum Gasteiger partial charge on any atom is -0.356 e. The summed E-state index contributed by atoms with van der Waals surface area (Å²) in [5, 5.41) is 2.86. The first-order valence-electron chi connectivity index (χ1n) is 10.5. The lowest BCUT2D eigenvalue weighted by atomic mass is 9.97. The third-order valence-electron chi connectivity index (χ3n) is 5.60. The highest BCUT2D eigenvalue weighted by Crippen LogP contribution is 2.20. The number of piperidine rings is 1. The first-order chi connectivity index (χ1) is 13.9. The van der Waals surface area contributed by atoms with E-state index in [1.54, 1.807) is 17.0 Å². The molecule has 1 aromatic rings. The van der Waals surface area contributed by atoms with Crippen LogP contribution in [0.4, 0.5) is 4.79 Å². The number of hydrogen-bond acceptors (Lipinski definition) is 4. The molecule has 1 aromatic carbocycles. The highest BCUT2D eigenvalue weighted by Gasteiger charge is 2.31. The lowest BCUT2D eigenvalue weighted by Crippen LogP contribution is -2.49. The number of carbonyl (C=O) groups is 2. The average Bonchev–Trinajstić information content (AvgIpc) is 3.26. The van der Waals surface area contributed by atoms with E-state index in [0.29, 0.717) is 26.1 Å². The van der Waals surface area contributed by atoms with Crippen molar-refractivity contribution in [1.82, 2.24) is 15.1 Å². The van der Waals surface area contributed by atoms with E-state index in [9.17, 15) is 18.0 Å². The number of amides is 3. The van der Waals surface area contributed by atoms with Gasteiger partial charge in [-0.25, -0.2) is 13.2 Å². The molecule has 0 aromatic heterocycles. The monoisotopic (exact) mass is 421 g/mol. The molecule has 1 N–H and O–H groups in total. The van der Waals surface area contributed by atoms with Gasteiger partial charge in [0.25, 0.3) is 0 Å². The molecule has 0 unspecified atom stereocenters. The Balaban J connectivity index is 1.39. The summed E-state index contributed by atoms with van der Waals surface area (Å²) < 4.78 is 24.5. The predicted molar refractivity (Wildman–Crippen MR) is 112 cm³/mol. The van der Waals surface area contributed by atoms with Crippen molar-refractivity contribution in [2.45, 2.75) is 37.9 Å². The van der Waals surface area contributed by atoms with E-state index in [-0.39, 0.29) is 29.4 Å². The van der Waals surface area contributed by atoms with Gasteiger partial charge in [0.1, 0.15) is 0 Å². The molecule has 1 atom stereocenters. The van der Waals surface area contributed by atoms with E-state index in [4.69, 9.17) is 0 Å². The lowest BCUT2D eigenvalue weighted by Gasteiger charge is -2.34. The van der Waals surface area contributed by atoms with E-state index >= 15 is 0 Å². The summed E-state index contributed by atoms with van der Waals surface area (Å²) in [6, 6.07) is 9.17. The summed E-state index contributed by atoms with van der Waals surface area (Å²) in [7, 11) is -3.20. The molecule has 160 valence electrons. The maximum absolute atomic E-state index is 12.5. The van der Waals surface area contributed by atoms with Crippen LogP contribution in [0.1, 0.15) is 37.7 Å². The van der Waals surface area contributed by atoms with Gasteiger partial charge in [-0.05, 0) is 37.7 Å². The minimum absolute atomic E-state index is 0.0258. The fraction of sp³-hybridized carbons (Fsp3) is 0.619. The number of rotatable bonds is 7. The highest BCUT2D eigenvalue weighted by molar-refractivity contribution is 7.90. The van der Waals surface area contributed by atoms with Crippen molar-refractivity contribution in [2.75, 3.05) is 38.5 Å². The van der Waals surface area contributed by atoms with Gasteiger partial charge in [0.05, 0.1) is 17.4 Å². The second-order valence-corrected chi connectivity index (χ2v) is 10.2. The maximum atomic E-state index is 12.5. The summed E-state index contributed by atoms with van der Waals surface area (Å²) in [6.07, 6.45) is 4.09. The number of hydrogen-bond donors (Lipinski definition) is 1. The number of benzene rings is 1. The van der Waals surface area contributed by atoms with Crippen LogP contribution in [0.15, 0.2) is 30.3 Å². The largest absolute Gasteiger partial charge is 0.356 e. The molecule has 0 radical (unpaired) electrons. The van der Waals surface area contributed by atoms with Crippen LogP contribution >= 0.6 is 0 Å². The molecule has 2 heterocycles. The molecule has 0 spiro atoms. The first-order valence-corrected chi connectivity index (χ1v) is 12.3. The van der Waals surface area contributed by atoms with Gasteiger partial charge < -0.3 is 15.1 Å². The van der Waals surface area contributed by atoms with Crippen LogP contribution < -0.4 is 5.32 Å². The van der Waals surface area contributed by atoms with E-state index in [2.05, 4.69) is 5.32 Å². The van der Waals surface area contributed by atoms with Crippen molar-refractivity contribution in [3.63, 3.8) is 0 Å². The minimum atomic E-state index is -3.20. The molecular weight excluding hydrogens is 390 g/mol. The Morgan fingerprint density at radius 3 is 2.41 bits per heavy atom. The summed E-state index contributed by atoms with van der Waals surface area (Å²) >= 11 is 0. The van der Waals surface area contributed by atoms with E-state index in [1.807, 2.05) is 23.1 Å². The van der Waals surface area contributed by atoms with Gasteiger partial charge in [-0.1, -0.05) is 30.3 Å². The molecule has 2 aliphatic rings. The van der Waals surface area contributed by atoms with Crippen molar-refractivity contribution in [3.05, 3.63) is 35.9 Å². The Bertz CT molecular complexity index is 791. The molecule has 8 heteroatoms. The van der Waals surface area contributed by atoms with Crippen LogP contribution in [0, 0.1) is 5.92 Å².